The lowest BCUT2D eigenvalue weighted by molar-refractivity contribution is -0.139. The van der Waals surface area contributed by atoms with Gasteiger partial charge in [-0.05, 0) is 38.8 Å². The van der Waals surface area contributed by atoms with Crippen molar-refractivity contribution in [2.75, 3.05) is 33.2 Å². The minimum Gasteiger partial charge on any atom is -0.342 e. The molecule has 0 aliphatic carbocycles. The number of hydrogen-bond acceptors (Lipinski definition) is 3. The zero-order chi connectivity index (χ0) is 14.8. The van der Waals surface area contributed by atoms with Gasteiger partial charge in [-0.25, -0.2) is 0 Å². The van der Waals surface area contributed by atoms with Crippen LogP contribution in [-0.2, 0) is 9.59 Å². The zero-order valence-electron chi connectivity index (χ0n) is 12.9. The maximum absolute atomic E-state index is 12.8. The van der Waals surface area contributed by atoms with E-state index < -0.39 is 5.54 Å². The largest absolute Gasteiger partial charge is 0.342 e. The summed E-state index contributed by atoms with van der Waals surface area (Å²) in [6.45, 7) is 7.47. The molecule has 20 heavy (non-hydrogen) atoms. The molecule has 0 aromatic rings. The lowest BCUT2D eigenvalue weighted by Crippen LogP contribution is -2.57. The summed E-state index contributed by atoms with van der Waals surface area (Å²) < 4.78 is 0. The standard InChI is InChI=1S/C15H27N3O2/c1-4-15(5-2)14(20)18(9-7-13(19)16-15)11-12-6-8-17(3)10-12/h12H,4-11H2,1-3H3,(H,16,19). The summed E-state index contributed by atoms with van der Waals surface area (Å²) in [6.07, 6.45) is 2.90. The highest BCUT2D eigenvalue weighted by Gasteiger charge is 2.42. The van der Waals surface area contributed by atoms with Crippen LogP contribution < -0.4 is 5.32 Å². The number of nitrogens with one attached hydrogen (secondary N) is 1. The summed E-state index contributed by atoms with van der Waals surface area (Å²) in [5.41, 5.74) is -0.682. The lowest BCUT2D eigenvalue weighted by Gasteiger charge is -2.34. The summed E-state index contributed by atoms with van der Waals surface area (Å²) in [7, 11) is 2.12. The van der Waals surface area contributed by atoms with Crippen molar-refractivity contribution in [1.29, 1.82) is 0 Å². The SMILES string of the molecule is CCC1(CC)NC(=O)CCN(CC2CCN(C)C2)C1=O. The van der Waals surface area contributed by atoms with Crippen molar-refractivity contribution in [2.45, 2.75) is 45.1 Å². The van der Waals surface area contributed by atoms with Gasteiger partial charge in [0.05, 0.1) is 0 Å². The molecule has 2 aliphatic heterocycles. The van der Waals surface area contributed by atoms with Gasteiger partial charge in [-0.1, -0.05) is 13.8 Å². The van der Waals surface area contributed by atoms with Gasteiger partial charge < -0.3 is 15.1 Å². The molecule has 2 aliphatic rings. The van der Waals surface area contributed by atoms with E-state index in [2.05, 4.69) is 17.3 Å². The van der Waals surface area contributed by atoms with E-state index >= 15 is 0 Å². The Kier molecular flexibility index (Phi) is 4.68. The first-order valence-electron chi connectivity index (χ1n) is 7.79. The van der Waals surface area contributed by atoms with Gasteiger partial charge in [0.1, 0.15) is 5.54 Å². The maximum Gasteiger partial charge on any atom is 0.248 e. The molecule has 1 atom stereocenters. The Bertz CT molecular complexity index is 379. The maximum atomic E-state index is 12.8. The van der Waals surface area contributed by atoms with Crippen molar-refractivity contribution in [3.05, 3.63) is 0 Å². The van der Waals surface area contributed by atoms with Gasteiger partial charge in [0, 0.05) is 26.1 Å². The van der Waals surface area contributed by atoms with Gasteiger partial charge in [-0.15, -0.1) is 0 Å². The number of nitrogens with zero attached hydrogens (tertiary/aromatic N) is 2. The molecule has 114 valence electrons. The summed E-state index contributed by atoms with van der Waals surface area (Å²) in [4.78, 5) is 29.0. The molecule has 0 aromatic heterocycles. The third-order valence-electron chi connectivity index (χ3n) is 4.86. The smallest absolute Gasteiger partial charge is 0.248 e. The zero-order valence-corrected chi connectivity index (χ0v) is 12.9. The first kappa shape index (κ1) is 15.3. The molecule has 2 saturated heterocycles. The van der Waals surface area contributed by atoms with E-state index in [1.54, 1.807) is 0 Å². The second kappa shape index (κ2) is 6.12. The lowest BCUT2D eigenvalue weighted by atomic mass is 9.91. The Morgan fingerprint density at radius 2 is 1.95 bits per heavy atom. The highest BCUT2D eigenvalue weighted by molar-refractivity contribution is 5.93. The van der Waals surface area contributed by atoms with Gasteiger partial charge in [0.2, 0.25) is 11.8 Å². The van der Waals surface area contributed by atoms with Crippen molar-refractivity contribution >= 4 is 11.8 Å². The molecule has 0 spiro atoms. The first-order valence-corrected chi connectivity index (χ1v) is 7.79. The van der Waals surface area contributed by atoms with Gasteiger partial charge in [0.25, 0.3) is 0 Å². The van der Waals surface area contributed by atoms with E-state index in [9.17, 15) is 9.59 Å². The van der Waals surface area contributed by atoms with Crippen LogP contribution in [0.3, 0.4) is 0 Å². The number of carbonyl (C=O) groups excluding carboxylic acids is 2. The molecule has 0 aromatic carbocycles. The van der Waals surface area contributed by atoms with E-state index in [0.717, 1.165) is 26.1 Å². The van der Waals surface area contributed by atoms with Crippen molar-refractivity contribution < 1.29 is 9.59 Å². The Labute approximate surface area is 121 Å². The van der Waals surface area contributed by atoms with Crippen LogP contribution in [0.2, 0.25) is 0 Å². The topological polar surface area (TPSA) is 52.7 Å². The fourth-order valence-electron chi connectivity index (χ4n) is 3.41. The summed E-state index contributed by atoms with van der Waals surface area (Å²) in [5, 5.41) is 2.96. The highest BCUT2D eigenvalue weighted by Crippen LogP contribution is 2.24. The minimum atomic E-state index is -0.682. The third kappa shape index (κ3) is 2.97. The minimum absolute atomic E-state index is 0.00749. The molecule has 0 bridgehead atoms. The van der Waals surface area contributed by atoms with E-state index in [-0.39, 0.29) is 11.8 Å². The van der Waals surface area contributed by atoms with Crippen LogP contribution in [0.5, 0.6) is 0 Å². The van der Waals surface area contributed by atoms with Crippen molar-refractivity contribution in [1.82, 2.24) is 15.1 Å². The number of rotatable bonds is 4. The van der Waals surface area contributed by atoms with Gasteiger partial charge in [-0.3, -0.25) is 9.59 Å². The Balaban J connectivity index is 2.11. The van der Waals surface area contributed by atoms with Crippen LogP contribution in [-0.4, -0.2) is 60.4 Å². The average molecular weight is 281 g/mol. The molecule has 2 fully saturated rings. The molecule has 1 unspecified atom stereocenters. The summed E-state index contributed by atoms with van der Waals surface area (Å²) in [6, 6.07) is 0. The number of carbonyl (C=O) groups is 2. The quantitative estimate of drug-likeness (QED) is 0.831. The van der Waals surface area contributed by atoms with Crippen LogP contribution in [0.4, 0.5) is 0 Å². The predicted molar refractivity (Wildman–Crippen MR) is 78.3 cm³/mol. The Morgan fingerprint density at radius 1 is 1.25 bits per heavy atom. The van der Waals surface area contributed by atoms with E-state index in [0.29, 0.717) is 31.7 Å². The molecule has 2 rings (SSSR count). The molecule has 2 heterocycles. The van der Waals surface area contributed by atoms with Crippen LogP contribution in [0.1, 0.15) is 39.5 Å². The molecule has 0 saturated carbocycles. The molecular weight excluding hydrogens is 254 g/mol. The highest BCUT2D eigenvalue weighted by atomic mass is 16.2. The van der Waals surface area contributed by atoms with E-state index in [4.69, 9.17) is 0 Å². The molecule has 5 nitrogen and oxygen atoms in total. The van der Waals surface area contributed by atoms with Crippen LogP contribution in [0, 0.1) is 5.92 Å². The molecule has 2 amide bonds. The van der Waals surface area contributed by atoms with E-state index in [1.165, 1.54) is 0 Å². The van der Waals surface area contributed by atoms with Gasteiger partial charge in [0.15, 0.2) is 0 Å². The molecular formula is C15H27N3O2. The monoisotopic (exact) mass is 281 g/mol. The van der Waals surface area contributed by atoms with Crippen molar-refractivity contribution in [3.8, 4) is 0 Å². The third-order valence-corrected chi connectivity index (χ3v) is 4.86. The van der Waals surface area contributed by atoms with Crippen LogP contribution >= 0.6 is 0 Å². The summed E-state index contributed by atoms with van der Waals surface area (Å²) in [5.74, 6) is 0.666. The number of hydrogen-bond donors (Lipinski definition) is 1. The summed E-state index contributed by atoms with van der Waals surface area (Å²) >= 11 is 0. The fourth-order valence-corrected chi connectivity index (χ4v) is 3.41. The van der Waals surface area contributed by atoms with Crippen LogP contribution in [0.15, 0.2) is 0 Å². The van der Waals surface area contributed by atoms with Crippen molar-refractivity contribution in [2.24, 2.45) is 5.92 Å². The molecule has 5 heteroatoms. The van der Waals surface area contributed by atoms with Crippen molar-refractivity contribution in [3.63, 3.8) is 0 Å². The molecule has 1 N–H and O–H groups in total. The molecule has 0 radical (unpaired) electrons. The Morgan fingerprint density at radius 3 is 2.50 bits per heavy atom. The van der Waals surface area contributed by atoms with Gasteiger partial charge >= 0.3 is 0 Å². The predicted octanol–water partition coefficient (Wildman–Crippen LogP) is 0.845. The second-order valence-corrected chi connectivity index (χ2v) is 6.26. The van der Waals surface area contributed by atoms with Gasteiger partial charge in [-0.2, -0.15) is 0 Å². The number of amides is 2. The number of likely N-dealkylation sites (tertiary alicyclic amines) is 1. The normalized spacial score (nSPS) is 27.6. The average Bonchev–Trinajstić information content (AvgIpc) is 2.80. The first-order chi connectivity index (χ1) is 9.50. The van der Waals surface area contributed by atoms with E-state index in [1.807, 2.05) is 18.7 Å². The second-order valence-electron chi connectivity index (χ2n) is 6.26. The fraction of sp³-hybridized carbons (Fsp3) is 0.867. The Hall–Kier alpha value is -1.10. The van der Waals surface area contributed by atoms with Crippen LogP contribution in [0.25, 0.3) is 0 Å².